The molecule has 0 bridgehead atoms. The van der Waals surface area contributed by atoms with E-state index in [0.717, 1.165) is 73.2 Å². The zero-order valence-electron chi connectivity index (χ0n) is 18.0. The number of hydrogen-bond donors (Lipinski definition) is 0. The summed E-state index contributed by atoms with van der Waals surface area (Å²) < 4.78 is 1.80. The van der Waals surface area contributed by atoms with Crippen LogP contribution in [0.3, 0.4) is 0 Å². The van der Waals surface area contributed by atoms with Crippen LogP contribution < -0.4 is 10.5 Å². The van der Waals surface area contributed by atoms with Crippen LogP contribution >= 0.6 is 47.8 Å². The Balaban J connectivity index is 0.00000144. The van der Waals surface area contributed by atoms with Crippen molar-refractivity contribution in [3.63, 3.8) is 0 Å². The molecule has 0 spiro atoms. The van der Waals surface area contributed by atoms with E-state index in [1.807, 2.05) is 18.2 Å². The second kappa shape index (κ2) is 10.7. The maximum absolute atomic E-state index is 13.2. The number of anilines is 1. The van der Waals surface area contributed by atoms with Gasteiger partial charge in [-0.25, -0.2) is 4.98 Å². The highest BCUT2D eigenvalue weighted by Gasteiger charge is 2.23. The number of likely N-dealkylation sites (N-methyl/N-ethyl adjacent to an activating group) is 1. The molecule has 0 saturated carbocycles. The molecule has 174 valence electrons. The van der Waals surface area contributed by atoms with Gasteiger partial charge in [-0.1, -0.05) is 23.7 Å². The fraction of sp³-hybridized carbons (Fsp3) is 0.455. The van der Waals surface area contributed by atoms with Gasteiger partial charge in [-0.3, -0.25) is 14.3 Å². The summed E-state index contributed by atoms with van der Waals surface area (Å²) >= 11 is 8.03. The molecule has 0 amide bonds. The van der Waals surface area contributed by atoms with Crippen LogP contribution in [0.1, 0.15) is 10.4 Å². The molecule has 0 atom stereocenters. The van der Waals surface area contributed by atoms with Crippen LogP contribution in [-0.2, 0) is 19.5 Å². The van der Waals surface area contributed by atoms with Gasteiger partial charge >= 0.3 is 0 Å². The van der Waals surface area contributed by atoms with Crippen LogP contribution in [0.4, 0.5) is 5.69 Å². The molecule has 5 rings (SSSR count). The standard InChI is InChI=1S/C22H26ClN5OS.2ClH/c1-25-7-6-16-19(14-25)30-21-20(16)22(29)28(15-24-21)13-10-26-8-11-27(12-9-26)18-5-3-2-4-17(18)23;;/h2-5,15H,6-14H2,1H3;2*1H. The lowest BCUT2D eigenvalue weighted by atomic mass is 10.1. The molecule has 1 saturated heterocycles. The van der Waals surface area contributed by atoms with Crippen LogP contribution in [-0.4, -0.2) is 65.7 Å². The number of thiophene rings is 1. The number of nitrogens with zero attached hydrogens (tertiary/aromatic N) is 5. The van der Waals surface area contributed by atoms with Crippen LogP contribution in [0.25, 0.3) is 10.2 Å². The molecular weight excluding hydrogens is 489 g/mol. The number of piperazine rings is 1. The molecule has 6 nitrogen and oxygen atoms in total. The van der Waals surface area contributed by atoms with Crippen molar-refractivity contribution in [2.24, 2.45) is 0 Å². The lowest BCUT2D eigenvalue weighted by Crippen LogP contribution is -2.47. The first-order valence-corrected chi connectivity index (χ1v) is 11.7. The van der Waals surface area contributed by atoms with Gasteiger partial charge in [-0.05, 0) is 31.2 Å². The van der Waals surface area contributed by atoms with Gasteiger partial charge in [-0.15, -0.1) is 36.2 Å². The van der Waals surface area contributed by atoms with E-state index >= 15 is 0 Å². The van der Waals surface area contributed by atoms with Gasteiger partial charge in [0.05, 0.1) is 22.4 Å². The van der Waals surface area contributed by atoms with Gasteiger partial charge in [0, 0.05) is 57.2 Å². The van der Waals surface area contributed by atoms with Crippen molar-refractivity contribution in [3.8, 4) is 0 Å². The summed E-state index contributed by atoms with van der Waals surface area (Å²) in [4.78, 5) is 27.0. The highest BCUT2D eigenvalue weighted by Crippen LogP contribution is 2.31. The van der Waals surface area contributed by atoms with Crippen molar-refractivity contribution < 1.29 is 0 Å². The zero-order chi connectivity index (χ0) is 20.7. The topological polar surface area (TPSA) is 44.6 Å². The van der Waals surface area contributed by atoms with E-state index in [4.69, 9.17) is 11.6 Å². The molecule has 10 heteroatoms. The lowest BCUT2D eigenvalue weighted by Gasteiger charge is -2.36. The minimum Gasteiger partial charge on any atom is -0.368 e. The predicted molar refractivity (Wildman–Crippen MR) is 139 cm³/mol. The molecule has 2 aliphatic heterocycles. The number of benzene rings is 1. The van der Waals surface area contributed by atoms with E-state index in [2.05, 4.69) is 32.8 Å². The van der Waals surface area contributed by atoms with Crippen LogP contribution in [0.5, 0.6) is 0 Å². The van der Waals surface area contributed by atoms with Crippen molar-refractivity contribution in [2.45, 2.75) is 19.5 Å². The number of aromatic nitrogens is 2. The average molecular weight is 517 g/mol. The second-order valence-corrected chi connectivity index (χ2v) is 9.69. The Morgan fingerprint density at radius 3 is 2.56 bits per heavy atom. The van der Waals surface area contributed by atoms with E-state index in [0.29, 0.717) is 6.54 Å². The van der Waals surface area contributed by atoms with Crippen molar-refractivity contribution >= 4 is 63.7 Å². The SMILES string of the molecule is CN1CCc2c(sc3ncn(CCN4CCN(c5ccccc5Cl)CC4)c(=O)c23)C1.Cl.Cl. The summed E-state index contributed by atoms with van der Waals surface area (Å²) in [6.07, 6.45) is 2.67. The molecule has 4 heterocycles. The quantitative estimate of drug-likeness (QED) is 0.528. The molecule has 0 unspecified atom stereocenters. The van der Waals surface area contributed by atoms with Gasteiger partial charge in [-0.2, -0.15) is 0 Å². The lowest BCUT2D eigenvalue weighted by molar-refractivity contribution is 0.247. The number of para-hydroxylation sites is 1. The summed E-state index contributed by atoms with van der Waals surface area (Å²) in [6, 6.07) is 8.02. The molecule has 0 radical (unpaired) electrons. The molecule has 2 aliphatic rings. The first kappa shape index (κ1) is 25.3. The van der Waals surface area contributed by atoms with Gasteiger partial charge in [0.25, 0.3) is 5.56 Å². The van der Waals surface area contributed by atoms with Crippen LogP contribution in [0.15, 0.2) is 35.4 Å². The Labute approximate surface area is 209 Å². The largest absolute Gasteiger partial charge is 0.368 e. The summed E-state index contributed by atoms with van der Waals surface area (Å²) in [5, 5.41) is 1.66. The second-order valence-electron chi connectivity index (χ2n) is 8.19. The monoisotopic (exact) mass is 515 g/mol. The fourth-order valence-electron chi connectivity index (χ4n) is 4.48. The smallest absolute Gasteiger partial charge is 0.262 e. The molecule has 2 aromatic heterocycles. The van der Waals surface area contributed by atoms with Crippen molar-refractivity contribution in [2.75, 3.05) is 51.2 Å². The summed E-state index contributed by atoms with van der Waals surface area (Å²) in [6.45, 7) is 7.29. The summed E-state index contributed by atoms with van der Waals surface area (Å²) in [7, 11) is 2.13. The maximum Gasteiger partial charge on any atom is 0.262 e. The molecular formula is C22H28Cl3N5OS. The van der Waals surface area contributed by atoms with E-state index in [1.54, 1.807) is 22.2 Å². The number of hydrogen-bond acceptors (Lipinski definition) is 6. The first-order valence-electron chi connectivity index (χ1n) is 10.5. The first-order chi connectivity index (χ1) is 14.6. The minimum absolute atomic E-state index is 0. The zero-order valence-corrected chi connectivity index (χ0v) is 21.2. The fourth-order valence-corrected chi connectivity index (χ4v) is 5.99. The van der Waals surface area contributed by atoms with Crippen LogP contribution in [0.2, 0.25) is 5.02 Å². The average Bonchev–Trinajstić information content (AvgIpc) is 3.12. The van der Waals surface area contributed by atoms with Gasteiger partial charge in [0.2, 0.25) is 0 Å². The third kappa shape index (κ3) is 4.93. The van der Waals surface area contributed by atoms with E-state index < -0.39 is 0 Å². The van der Waals surface area contributed by atoms with Crippen molar-refractivity contribution in [1.29, 1.82) is 0 Å². The Hall–Kier alpha value is -1.35. The van der Waals surface area contributed by atoms with Crippen molar-refractivity contribution in [1.82, 2.24) is 19.4 Å². The molecule has 3 aromatic rings. The van der Waals surface area contributed by atoms with Gasteiger partial charge in [0.15, 0.2) is 0 Å². The Morgan fingerprint density at radius 1 is 1.06 bits per heavy atom. The molecule has 1 fully saturated rings. The highest BCUT2D eigenvalue weighted by atomic mass is 35.5. The van der Waals surface area contributed by atoms with Crippen molar-refractivity contribution in [3.05, 3.63) is 56.4 Å². The van der Waals surface area contributed by atoms with E-state index in [-0.39, 0.29) is 30.4 Å². The molecule has 0 aliphatic carbocycles. The third-order valence-electron chi connectivity index (χ3n) is 6.24. The summed E-state index contributed by atoms with van der Waals surface area (Å²) in [5.74, 6) is 0. The molecule has 32 heavy (non-hydrogen) atoms. The number of fused-ring (bicyclic) bond motifs is 3. The Kier molecular flexibility index (Phi) is 8.47. The maximum atomic E-state index is 13.2. The summed E-state index contributed by atoms with van der Waals surface area (Å²) in [5.41, 5.74) is 2.46. The third-order valence-corrected chi connectivity index (χ3v) is 7.69. The van der Waals surface area contributed by atoms with Gasteiger partial charge in [0.1, 0.15) is 4.83 Å². The van der Waals surface area contributed by atoms with E-state index in [9.17, 15) is 4.79 Å². The number of halogens is 3. The predicted octanol–water partition coefficient (Wildman–Crippen LogP) is 3.77. The Bertz CT molecular complexity index is 1130. The van der Waals surface area contributed by atoms with Crippen LogP contribution in [0, 0.1) is 0 Å². The molecule has 0 N–H and O–H groups in total. The van der Waals surface area contributed by atoms with E-state index in [1.165, 1.54) is 10.4 Å². The number of rotatable bonds is 4. The normalized spacial score (nSPS) is 17.0. The minimum atomic E-state index is 0. The Morgan fingerprint density at radius 2 is 1.81 bits per heavy atom. The highest BCUT2D eigenvalue weighted by molar-refractivity contribution is 7.18. The van der Waals surface area contributed by atoms with Gasteiger partial charge < -0.3 is 9.80 Å². The molecule has 1 aromatic carbocycles.